The highest BCUT2D eigenvalue weighted by atomic mass is 35.5. The van der Waals surface area contributed by atoms with Crippen LogP contribution in [0.15, 0.2) is 18.2 Å². The average Bonchev–Trinajstić information content (AvgIpc) is 2.48. The Labute approximate surface area is 125 Å². The number of nitrogens with zero attached hydrogens (tertiary/aromatic N) is 1. The maximum atomic E-state index is 12.1. The molecule has 8 heteroatoms. The van der Waals surface area contributed by atoms with E-state index in [1.165, 1.54) is 18.2 Å². The Kier molecular flexibility index (Phi) is 5.58. The van der Waals surface area contributed by atoms with Crippen LogP contribution in [0.5, 0.6) is 5.75 Å². The number of anilines is 1. The summed E-state index contributed by atoms with van der Waals surface area (Å²) >= 11 is 5.83. The lowest BCUT2D eigenvalue weighted by atomic mass is 10.3. The van der Waals surface area contributed by atoms with Gasteiger partial charge in [-0.25, -0.2) is 0 Å². The highest BCUT2D eigenvalue weighted by Gasteiger charge is 2.16. The second-order valence-corrected chi connectivity index (χ2v) is 4.78. The molecule has 116 valence electrons. The predicted octanol–water partition coefficient (Wildman–Crippen LogP) is 2.21. The average molecular weight is 321 g/mol. The van der Waals surface area contributed by atoms with E-state index in [9.17, 15) is 13.6 Å². The predicted molar refractivity (Wildman–Crippen MR) is 74.0 cm³/mol. The number of benzene rings is 1. The van der Waals surface area contributed by atoms with Crippen molar-refractivity contribution < 1.29 is 23.0 Å². The minimum absolute atomic E-state index is 0.0534. The lowest BCUT2D eigenvalue weighted by molar-refractivity contribution is -0.133. The Hall–Kier alpha value is -1.60. The fourth-order valence-electron chi connectivity index (χ4n) is 1.90. The van der Waals surface area contributed by atoms with Gasteiger partial charge in [-0.05, 0) is 18.2 Å². The molecule has 0 atom stereocenters. The number of ether oxygens (including phenoxy) is 2. The van der Waals surface area contributed by atoms with Crippen LogP contribution in [0.3, 0.4) is 0 Å². The molecular weight excluding hydrogens is 306 g/mol. The van der Waals surface area contributed by atoms with Crippen molar-refractivity contribution in [3.8, 4) is 5.75 Å². The summed E-state index contributed by atoms with van der Waals surface area (Å²) in [5, 5.41) is 2.96. The van der Waals surface area contributed by atoms with E-state index in [4.69, 9.17) is 16.3 Å². The van der Waals surface area contributed by atoms with E-state index in [0.29, 0.717) is 32.0 Å². The Morgan fingerprint density at radius 3 is 2.76 bits per heavy atom. The van der Waals surface area contributed by atoms with Crippen molar-refractivity contribution >= 4 is 23.2 Å². The van der Waals surface area contributed by atoms with Crippen molar-refractivity contribution in [2.45, 2.75) is 6.61 Å². The Bertz CT molecular complexity index is 496. The van der Waals surface area contributed by atoms with Gasteiger partial charge in [-0.2, -0.15) is 8.78 Å². The fourth-order valence-corrected chi connectivity index (χ4v) is 2.13. The molecule has 1 saturated heterocycles. The third-order valence-corrected chi connectivity index (χ3v) is 3.25. The van der Waals surface area contributed by atoms with Crippen molar-refractivity contribution in [2.24, 2.45) is 0 Å². The first kappa shape index (κ1) is 15.8. The van der Waals surface area contributed by atoms with Crippen LogP contribution < -0.4 is 10.1 Å². The lowest BCUT2D eigenvalue weighted by Crippen LogP contribution is -2.43. The maximum Gasteiger partial charge on any atom is 0.387 e. The number of amides is 1. The topological polar surface area (TPSA) is 50.8 Å². The van der Waals surface area contributed by atoms with Crippen LogP contribution in [0.4, 0.5) is 14.5 Å². The molecule has 0 spiro atoms. The first-order valence-corrected chi connectivity index (χ1v) is 6.78. The maximum absolute atomic E-state index is 12.1. The summed E-state index contributed by atoms with van der Waals surface area (Å²) in [7, 11) is 0. The van der Waals surface area contributed by atoms with Gasteiger partial charge < -0.3 is 19.7 Å². The van der Waals surface area contributed by atoms with Crippen LogP contribution >= 0.6 is 11.6 Å². The molecule has 1 aromatic rings. The van der Waals surface area contributed by atoms with Gasteiger partial charge in [0, 0.05) is 18.8 Å². The van der Waals surface area contributed by atoms with Crippen molar-refractivity contribution in [2.75, 3.05) is 38.2 Å². The van der Waals surface area contributed by atoms with E-state index in [0.717, 1.165) is 0 Å². The number of hydrogen-bond acceptors (Lipinski definition) is 4. The molecule has 1 aromatic carbocycles. The monoisotopic (exact) mass is 320 g/mol. The van der Waals surface area contributed by atoms with Gasteiger partial charge in [0.25, 0.3) is 0 Å². The summed E-state index contributed by atoms with van der Waals surface area (Å²) in [5.74, 6) is -0.154. The van der Waals surface area contributed by atoms with Gasteiger partial charge in [0.1, 0.15) is 5.75 Å². The third-order valence-electron chi connectivity index (χ3n) is 2.96. The van der Waals surface area contributed by atoms with E-state index in [1.807, 2.05) is 0 Å². The van der Waals surface area contributed by atoms with Gasteiger partial charge in [-0.1, -0.05) is 11.6 Å². The van der Waals surface area contributed by atoms with Crippen LogP contribution in [-0.4, -0.2) is 50.3 Å². The minimum atomic E-state index is -2.93. The van der Waals surface area contributed by atoms with Gasteiger partial charge in [-0.3, -0.25) is 4.79 Å². The SMILES string of the molecule is O=C(CNc1ccc(OC(F)F)c(Cl)c1)N1CCOCC1. The molecule has 0 unspecified atom stereocenters. The quantitative estimate of drug-likeness (QED) is 0.904. The Balaban J connectivity index is 1.88. The van der Waals surface area contributed by atoms with Crippen molar-refractivity contribution in [1.29, 1.82) is 0 Å². The number of morpholine rings is 1. The number of carbonyl (C=O) groups excluding carboxylic acids is 1. The number of hydrogen-bond donors (Lipinski definition) is 1. The molecule has 0 aliphatic carbocycles. The molecule has 1 amide bonds. The zero-order chi connectivity index (χ0) is 15.2. The molecule has 0 saturated carbocycles. The highest BCUT2D eigenvalue weighted by Crippen LogP contribution is 2.28. The summed E-state index contributed by atoms with van der Waals surface area (Å²) in [5.41, 5.74) is 0.559. The molecule has 1 heterocycles. The van der Waals surface area contributed by atoms with E-state index in [1.54, 1.807) is 4.90 Å². The molecule has 1 fully saturated rings. The van der Waals surface area contributed by atoms with Gasteiger partial charge in [-0.15, -0.1) is 0 Å². The number of alkyl halides is 2. The second kappa shape index (κ2) is 7.42. The van der Waals surface area contributed by atoms with Crippen LogP contribution in [0, 0.1) is 0 Å². The first-order chi connectivity index (χ1) is 10.1. The zero-order valence-corrected chi connectivity index (χ0v) is 11.9. The van der Waals surface area contributed by atoms with E-state index in [2.05, 4.69) is 10.1 Å². The normalized spacial score (nSPS) is 15.1. The van der Waals surface area contributed by atoms with Crippen LogP contribution in [0.1, 0.15) is 0 Å². The molecule has 0 radical (unpaired) electrons. The van der Waals surface area contributed by atoms with Crippen LogP contribution in [-0.2, 0) is 9.53 Å². The third kappa shape index (κ3) is 4.71. The zero-order valence-electron chi connectivity index (χ0n) is 11.2. The van der Waals surface area contributed by atoms with Crippen molar-refractivity contribution in [3.63, 3.8) is 0 Å². The number of rotatable bonds is 5. The summed E-state index contributed by atoms with van der Waals surface area (Å²) in [4.78, 5) is 13.6. The van der Waals surface area contributed by atoms with E-state index < -0.39 is 6.61 Å². The molecule has 21 heavy (non-hydrogen) atoms. The summed E-state index contributed by atoms with van der Waals surface area (Å²) < 4.78 is 33.6. The number of halogens is 3. The standard InChI is InChI=1S/C13H15ClF2N2O3/c14-10-7-9(1-2-11(10)21-13(15)16)17-8-12(19)18-3-5-20-6-4-18/h1-2,7,13,17H,3-6,8H2. The fraction of sp³-hybridized carbons (Fsp3) is 0.462. The number of carbonyl (C=O) groups is 1. The van der Waals surface area contributed by atoms with Gasteiger partial charge in [0.15, 0.2) is 0 Å². The first-order valence-electron chi connectivity index (χ1n) is 6.40. The lowest BCUT2D eigenvalue weighted by Gasteiger charge is -2.27. The summed E-state index contributed by atoms with van der Waals surface area (Å²) in [6.45, 7) is -0.603. The molecule has 1 aliphatic heterocycles. The second-order valence-electron chi connectivity index (χ2n) is 4.37. The van der Waals surface area contributed by atoms with Gasteiger partial charge >= 0.3 is 6.61 Å². The molecule has 5 nitrogen and oxygen atoms in total. The Morgan fingerprint density at radius 2 is 2.14 bits per heavy atom. The number of nitrogens with one attached hydrogen (secondary N) is 1. The molecule has 1 aliphatic rings. The van der Waals surface area contributed by atoms with Gasteiger partial charge in [0.05, 0.1) is 24.8 Å². The van der Waals surface area contributed by atoms with Crippen LogP contribution in [0.2, 0.25) is 5.02 Å². The highest BCUT2D eigenvalue weighted by molar-refractivity contribution is 6.32. The minimum Gasteiger partial charge on any atom is -0.433 e. The van der Waals surface area contributed by atoms with Crippen LogP contribution in [0.25, 0.3) is 0 Å². The van der Waals surface area contributed by atoms with E-state index in [-0.39, 0.29) is 23.2 Å². The summed E-state index contributed by atoms with van der Waals surface area (Å²) in [6.07, 6.45) is 0. The molecular formula is C13H15ClF2N2O3. The molecule has 2 rings (SSSR count). The molecule has 0 aromatic heterocycles. The Morgan fingerprint density at radius 1 is 1.43 bits per heavy atom. The van der Waals surface area contributed by atoms with E-state index >= 15 is 0 Å². The molecule has 1 N–H and O–H groups in total. The summed E-state index contributed by atoms with van der Waals surface area (Å²) in [6, 6.07) is 4.29. The van der Waals surface area contributed by atoms with Gasteiger partial charge in [0.2, 0.25) is 5.91 Å². The largest absolute Gasteiger partial charge is 0.433 e. The smallest absolute Gasteiger partial charge is 0.387 e. The van der Waals surface area contributed by atoms with Crippen molar-refractivity contribution in [1.82, 2.24) is 4.90 Å². The molecule has 0 bridgehead atoms. The van der Waals surface area contributed by atoms with Crippen molar-refractivity contribution in [3.05, 3.63) is 23.2 Å².